The summed E-state index contributed by atoms with van der Waals surface area (Å²) < 4.78 is 20.8. The summed E-state index contributed by atoms with van der Waals surface area (Å²) in [4.78, 5) is 22.4. The number of hydrogen-bond donors (Lipinski definition) is 2. The van der Waals surface area contributed by atoms with Gasteiger partial charge in [-0.05, 0) is 13.8 Å². The molecule has 27 heavy (non-hydrogen) atoms. The zero-order valence-corrected chi connectivity index (χ0v) is 16.7. The van der Waals surface area contributed by atoms with Gasteiger partial charge in [0.15, 0.2) is 6.29 Å². The number of esters is 2. The summed E-state index contributed by atoms with van der Waals surface area (Å²) in [6.45, 7) is 8.34. The van der Waals surface area contributed by atoms with E-state index in [1.54, 1.807) is 13.8 Å². The highest BCUT2D eigenvalue weighted by atomic mass is 16.7. The van der Waals surface area contributed by atoms with E-state index in [1.807, 2.05) is 20.8 Å². The predicted octanol–water partition coefficient (Wildman–Crippen LogP) is 1.35. The van der Waals surface area contributed by atoms with Crippen LogP contribution < -0.4 is 0 Å². The molecule has 2 unspecified atom stereocenters. The number of carbonyl (C=O) groups is 2. The molecule has 2 atom stereocenters. The second-order valence-corrected chi connectivity index (χ2v) is 6.93. The Morgan fingerprint density at radius 1 is 0.815 bits per heavy atom. The summed E-state index contributed by atoms with van der Waals surface area (Å²) >= 11 is 0. The number of rotatable bonds is 12. The summed E-state index contributed by atoms with van der Waals surface area (Å²) in [6, 6.07) is 0. The maximum Gasteiger partial charge on any atom is 0.330 e. The van der Waals surface area contributed by atoms with Gasteiger partial charge < -0.3 is 29.2 Å². The van der Waals surface area contributed by atoms with Crippen molar-refractivity contribution in [1.82, 2.24) is 0 Å². The zero-order valence-electron chi connectivity index (χ0n) is 16.7. The highest BCUT2D eigenvalue weighted by Gasteiger charge is 2.28. The second-order valence-electron chi connectivity index (χ2n) is 6.93. The highest BCUT2D eigenvalue weighted by Crippen LogP contribution is 2.23. The molecule has 0 amide bonds. The maximum atomic E-state index is 11.2. The van der Waals surface area contributed by atoms with Crippen molar-refractivity contribution in [3.05, 3.63) is 24.3 Å². The van der Waals surface area contributed by atoms with Gasteiger partial charge in [-0.1, -0.05) is 32.9 Å². The smallest absolute Gasteiger partial charge is 0.330 e. The normalized spacial score (nSPS) is 15.7. The monoisotopic (exact) mass is 388 g/mol. The average Bonchev–Trinajstić information content (AvgIpc) is 2.57. The number of aliphatic hydroxyl groups excluding tert-OH is 2. The lowest BCUT2D eigenvalue weighted by Crippen LogP contribution is -2.38. The Balaban J connectivity index is 4.36. The minimum absolute atomic E-state index is 0.114. The average molecular weight is 388 g/mol. The Bertz CT molecular complexity index is 454. The van der Waals surface area contributed by atoms with Gasteiger partial charge in [-0.3, -0.25) is 0 Å². The van der Waals surface area contributed by atoms with E-state index in [0.717, 1.165) is 0 Å². The van der Waals surface area contributed by atoms with Crippen molar-refractivity contribution in [3.63, 3.8) is 0 Å². The number of allylic oxidation sites excluding steroid dienone is 2. The quantitative estimate of drug-likeness (QED) is 0.293. The lowest BCUT2D eigenvalue weighted by molar-refractivity contribution is -0.218. The first-order valence-corrected chi connectivity index (χ1v) is 8.78. The van der Waals surface area contributed by atoms with E-state index >= 15 is 0 Å². The first-order valence-electron chi connectivity index (χ1n) is 8.78. The Morgan fingerprint density at radius 2 is 1.19 bits per heavy atom. The molecule has 0 rings (SSSR count). The standard InChI is InChI=1S/C19H32O8/c1-6-8-16(22)24-10-14(20)12-26-18(19(3,4)5)27-13-15(21)11-25-17(23)9-7-2/h6-9,14-15,18,20-21H,10-13H2,1-5H3. The Hall–Kier alpha value is -1.74. The van der Waals surface area contributed by atoms with Gasteiger partial charge in [0.05, 0.1) is 13.2 Å². The van der Waals surface area contributed by atoms with Crippen LogP contribution in [-0.4, -0.2) is 67.1 Å². The van der Waals surface area contributed by atoms with Crippen molar-refractivity contribution in [1.29, 1.82) is 0 Å². The maximum absolute atomic E-state index is 11.2. The van der Waals surface area contributed by atoms with Crippen LogP contribution in [0.25, 0.3) is 0 Å². The molecule has 0 bridgehead atoms. The van der Waals surface area contributed by atoms with Crippen LogP contribution in [0.15, 0.2) is 24.3 Å². The van der Waals surface area contributed by atoms with Crippen LogP contribution in [0.5, 0.6) is 0 Å². The van der Waals surface area contributed by atoms with Gasteiger partial charge in [0, 0.05) is 17.6 Å². The molecular formula is C19H32O8. The molecule has 0 aliphatic rings. The number of carbonyl (C=O) groups excluding carboxylic acids is 2. The van der Waals surface area contributed by atoms with E-state index in [2.05, 4.69) is 0 Å². The molecule has 0 aromatic rings. The molecular weight excluding hydrogens is 356 g/mol. The van der Waals surface area contributed by atoms with E-state index in [-0.39, 0.29) is 26.4 Å². The summed E-state index contributed by atoms with van der Waals surface area (Å²) in [7, 11) is 0. The molecule has 8 nitrogen and oxygen atoms in total. The van der Waals surface area contributed by atoms with Crippen molar-refractivity contribution < 1.29 is 38.7 Å². The Kier molecular flexibility index (Phi) is 12.6. The van der Waals surface area contributed by atoms with Gasteiger partial charge >= 0.3 is 11.9 Å². The molecule has 0 saturated carbocycles. The minimum Gasteiger partial charge on any atom is -0.460 e. The van der Waals surface area contributed by atoms with E-state index < -0.39 is 35.9 Å². The highest BCUT2D eigenvalue weighted by molar-refractivity contribution is 5.82. The van der Waals surface area contributed by atoms with Crippen molar-refractivity contribution in [2.75, 3.05) is 26.4 Å². The first-order chi connectivity index (χ1) is 12.6. The topological polar surface area (TPSA) is 112 Å². The summed E-state index contributed by atoms with van der Waals surface area (Å²) in [5.74, 6) is -1.09. The SMILES string of the molecule is CC=CC(=O)OCC(O)COC(OCC(O)COC(=O)C=CC)C(C)(C)C. The lowest BCUT2D eigenvalue weighted by Gasteiger charge is -2.31. The second kappa shape index (κ2) is 13.4. The van der Waals surface area contributed by atoms with E-state index in [0.29, 0.717) is 0 Å². The van der Waals surface area contributed by atoms with Gasteiger partial charge in [-0.15, -0.1) is 0 Å². The molecule has 8 heteroatoms. The number of ether oxygens (including phenoxy) is 4. The molecule has 156 valence electrons. The van der Waals surface area contributed by atoms with Crippen LogP contribution >= 0.6 is 0 Å². The number of hydrogen-bond acceptors (Lipinski definition) is 8. The molecule has 0 aromatic heterocycles. The van der Waals surface area contributed by atoms with Gasteiger partial charge in [0.25, 0.3) is 0 Å². The fraction of sp³-hybridized carbons (Fsp3) is 0.684. The van der Waals surface area contributed by atoms with Gasteiger partial charge in [0.2, 0.25) is 0 Å². The van der Waals surface area contributed by atoms with Crippen molar-refractivity contribution in [2.45, 2.75) is 53.1 Å². The molecule has 0 aliphatic carbocycles. The third-order valence-corrected chi connectivity index (χ3v) is 3.03. The summed E-state index contributed by atoms with van der Waals surface area (Å²) in [5, 5.41) is 19.7. The van der Waals surface area contributed by atoms with Crippen LogP contribution in [0.1, 0.15) is 34.6 Å². The molecule has 0 aromatic carbocycles. The van der Waals surface area contributed by atoms with Crippen LogP contribution in [0.3, 0.4) is 0 Å². The molecule has 0 saturated heterocycles. The molecule has 0 aliphatic heterocycles. The molecule has 0 fully saturated rings. The summed E-state index contributed by atoms with van der Waals surface area (Å²) in [6.07, 6.45) is 2.81. The largest absolute Gasteiger partial charge is 0.460 e. The third kappa shape index (κ3) is 13.1. The first kappa shape index (κ1) is 25.3. The van der Waals surface area contributed by atoms with E-state index in [1.165, 1.54) is 24.3 Å². The fourth-order valence-electron chi connectivity index (χ4n) is 1.77. The van der Waals surface area contributed by atoms with Crippen molar-refractivity contribution >= 4 is 11.9 Å². The lowest BCUT2D eigenvalue weighted by atomic mass is 9.96. The van der Waals surface area contributed by atoms with Crippen LogP contribution in [0.2, 0.25) is 0 Å². The van der Waals surface area contributed by atoms with E-state index in [4.69, 9.17) is 18.9 Å². The third-order valence-electron chi connectivity index (χ3n) is 3.03. The predicted molar refractivity (Wildman–Crippen MR) is 98.7 cm³/mol. The van der Waals surface area contributed by atoms with E-state index in [9.17, 15) is 19.8 Å². The molecule has 0 spiro atoms. The van der Waals surface area contributed by atoms with Gasteiger partial charge in [-0.25, -0.2) is 9.59 Å². The van der Waals surface area contributed by atoms with Crippen molar-refractivity contribution in [3.8, 4) is 0 Å². The number of aliphatic hydroxyl groups is 2. The van der Waals surface area contributed by atoms with Gasteiger partial charge in [0.1, 0.15) is 25.4 Å². The molecule has 0 radical (unpaired) electrons. The Labute approximate surface area is 160 Å². The molecule has 2 N–H and O–H groups in total. The van der Waals surface area contributed by atoms with Crippen LogP contribution in [0.4, 0.5) is 0 Å². The van der Waals surface area contributed by atoms with Gasteiger partial charge in [-0.2, -0.15) is 0 Å². The Morgan fingerprint density at radius 3 is 1.48 bits per heavy atom. The fourth-order valence-corrected chi connectivity index (χ4v) is 1.77. The zero-order chi connectivity index (χ0) is 20.9. The van der Waals surface area contributed by atoms with Crippen LogP contribution in [-0.2, 0) is 28.5 Å². The molecule has 0 heterocycles. The minimum atomic E-state index is -1.01. The summed E-state index contributed by atoms with van der Waals surface area (Å²) in [5.41, 5.74) is -0.442. The van der Waals surface area contributed by atoms with Crippen LogP contribution in [0, 0.1) is 5.41 Å². The van der Waals surface area contributed by atoms with Crippen molar-refractivity contribution in [2.24, 2.45) is 5.41 Å².